The highest BCUT2D eigenvalue weighted by Crippen LogP contribution is 2.35. The average Bonchev–Trinajstić information content (AvgIpc) is 3.47. The van der Waals surface area contributed by atoms with Crippen LogP contribution in [0.3, 0.4) is 0 Å². The van der Waals surface area contributed by atoms with Crippen molar-refractivity contribution in [3.8, 4) is 16.9 Å². The molecule has 2 heterocycles. The van der Waals surface area contributed by atoms with Crippen molar-refractivity contribution >= 4 is 17.7 Å². The summed E-state index contributed by atoms with van der Waals surface area (Å²) in [5.41, 5.74) is 3.48. The first-order chi connectivity index (χ1) is 16.8. The van der Waals surface area contributed by atoms with Gasteiger partial charge in [0, 0.05) is 36.7 Å². The van der Waals surface area contributed by atoms with Crippen LogP contribution in [0.1, 0.15) is 18.1 Å². The Morgan fingerprint density at radius 2 is 1.94 bits per heavy atom. The maximum Gasteiger partial charge on any atom is 0.414 e. The number of nitrogens with one attached hydrogen (secondary N) is 1. The van der Waals surface area contributed by atoms with Crippen LogP contribution in [0.2, 0.25) is 0 Å². The highest BCUT2D eigenvalue weighted by atomic mass is 19.1. The van der Waals surface area contributed by atoms with Crippen LogP contribution in [-0.4, -0.2) is 50.3 Å². The van der Waals surface area contributed by atoms with Crippen LogP contribution in [0.25, 0.3) is 11.1 Å². The van der Waals surface area contributed by atoms with E-state index in [1.165, 1.54) is 17.9 Å². The van der Waals surface area contributed by atoms with E-state index in [0.29, 0.717) is 29.1 Å². The first-order valence-electron chi connectivity index (χ1n) is 11.2. The molecule has 1 aliphatic rings. The fourth-order valence-electron chi connectivity index (χ4n) is 4.10. The van der Waals surface area contributed by atoms with Crippen LogP contribution in [0.4, 0.5) is 14.9 Å². The summed E-state index contributed by atoms with van der Waals surface area (Å²) in [6.45, 7) is 3.24. The molecule has 184 valence electrons. The Hall–Kier alpha value is -3.85. The van der Waals surface area contributed by atoms with Gasteiger partial charge in [-0.15, -0.1) is 0 Å². The summed E-state index contributed by atoms with van der Waals surface area (Å²) in [7, 11) is 3.56. The van der Waals surface area contributed by atoms with Crippen LogP contribution in [0.15, 0.2) is 59.4 Å². The molecular formula is C26H28FN3O5. The zero-order chi connectivity index (χ0) is 24.9. The largest absolute Gasteiger partial charge is 0.496 e. The Labute approximate surface area is 203 Å². The van der Waals surface area contributed by atoms with Gasteiger partial charge in [0.05, 0.1) is 38.4 Å². The lowest BCUT2D eigenvalue weighted by molar-refractivity contribution is -0.119. The summed E-state index contributed by atoms with van der Waals surface area (Å²) in [6.07, 6.45) is 2.30. The Bertz CT molecular complexity index is 1200. The standard InChI is InChI=1S/C26H28FN3O5/c1-17(31)28-12-21-15-30(26(32)35-21)20-5-7-22(24(27)11-20)23-6-4-18(10-25(23)33-3)13-29(2)14-19-8-9-34-16-19/h4-11,16,21H,12-15H2,1-3H3,(H,28,31). The quantitative estimate of drug-likeness (QED) is 0.494. The second-order valence-electron chi connectivity index (χ2n) is 8.56. The monoisotopic (exact) mass is 481 g/mol. The molecule has 2 amide bonds. The van der Waals surface area contributed by atoms with E-state index < -0.39 is 18.0 Å². The molecule has 3 aromatic rings. The summed E-state index contributed by atoms with van der Waals surface area (Å²) in [5.74, 6) is -0.134. The van der Waals surface area contributed by atoms with Gasteiger partial charge in [-0.2, -0.15) is 0 Å². The van der Waals surface area contributed by atoms with Crippen molar-refractivity contribution in [1.29, 1.82) is 0 Å². The number of carbonyl (C=O) groups excluding carboxylic acids is 2. The molecular weight excluding hydrogens is 453 g/mol. The summed E-state index contributed by atoms with van der Waals surface area (Å²) in [5, 5.41) is 2.62. The predicted octanol–water partition coefficient (Wildman–Crippen LogP) is 4.19. The number of amides is 2. The number of anilines is 1. The minimum absolute atomic E-state index is 0.207. The van der Waals surface area contributed by atoms with E-state index in [2.05, 4.69) is 10.2 Å². The molecule has 8 nitrogen and oxygen atoms in total. The van der Waals surface area contributed by atoms with Gasteiger partial charge in [0.25, 0.3) is 0 Å². The number of furan rings is 1. The number of rotatable bonds is 9. The molecule has 9 heteroatoms. The van der Waals surface area contributed by atoms with Gasteiger partial charge in [-0.25, -0.2) is 9.18 Å². The molecule has 0 aliphatic carbocycles. The minimum atomic E-state index is -0.575. The molecule has 0 bridgehead atoms. The fraction of sp³-hybridized carbons (Fsp3) is 0.308. The van der Waals surface area contributed by atoms with E-state index >= 15 is 4.39 Å². The molecule has 1 aromatic heterocycles. The fourth-order valence-corrected chi connectivity index (χ4v) is 4.10. The van der Waals surface area contributed by atoms with Crippen molar-refractivity contribution in [3.63, 3.8) is 0 Å². The van der Waals surface area contributed by atoms with Crippen LogP contribution in [-0.2, 0) is 22.6 Å². The second kappa shape index (κ2) is 10.6. The third kappa shape index (κ3) is 5.81. The van der Waals surface area contributed by atoms with Gasteiger partial charge in [0.2, 0.25) is 5.91 Å². The highest BCUT2D eigenvalue weighted by Gasteiger charge is 2.32. The van der Waals surface area contributed by atoms with Crippen LogP contribution < -0.4 is 15.0 Å². The van der Waals surface area contributed by atoms with Gasteiger partial charge in [-0.3, -0.25) is 14.6 Å². The number of cyclic esters (lactones) is 1. The summed E-state index contributed by atoms with van der Waals surface area (Å²) in [4.78, 5) is 26.9. The number of hydrogen-bond acceptors (Lipinski definition) is 6. The third-order valence-electron chi connectivity index (χ3n) is 5.76. The van der Waals surface area contributed by atoms with E-state index in [4.69, 9.17) is 13.9 Å². The number of methoxy groups -OCH3 is 1. The molecule has 0 spiro atoms. The van der Waals surface area contributed by atoms with Crippen molar-refractivity contribution in [2.24, 2.45) is 0 Å². The molecule has 35 heavy (non-hydrogen) atoms. The van der Waals surface area contributed by atoms with Crippen molar-refractivity contribution in [3.05, 3.63) is 71.9 Å². The molecule has 1 unspecified atom stereocenters. The maximum atomic E-state index is 15.2. The van der Waals surface area contributed by atoms with Crippen LogP contribution >= 0.6 is 0 Å². The smallest absolute Gasteiger partial charge is 0.414 e. The van der Waals surface area contributed by atoms with Crippen LogP contribution in [0, 0.1) is 5.82 Å². The number of halogens is 1. The Balaban J connectivity index is 1.48. The van der Waals surface area contributed by atoms with E-state index in [-0.39, 0.29) is 19.0 Å². The lowest BCUT2D eigenvalue weighted by Gasteiger charge is -2.18. The second-order valence-corrected chi connectivity index (χ2v) is 8.56. The van der Waals surface area contributed by atoms with Gasteiger partial charge in [-0.1, -0.05) is 12.1 Å². The number of ether oxygens (including phenoxy) is 2. The Kier molecular flexibility index (Phi) is 7.36. The van der Waals surface area contributed by atoms with Crippen LogP contribution in [0.5, 0.6) is 5.75 Å². The molecule has 1 N–H and O–H groups in total. The SMILES string of the molecule is COc1cc(CN(C)Cc2ccoc2)ccc1-c1ccc(N2CC(CNC(C)=O)OC2=O)cc1F. The normalized spacial score (nSPS) is 15.4. The van der Waals surface area contributed by atoms with E-state index in [9.17, 15) is 9.59 Å². The molecule has 0 saturated carbocycles. The minimum Gasteiger partial charge on any atom is -0.496 e. The first kappa shape index (κ1) is 24.3. The molecule has 1 saturated heterocycles. The topological polar surface area (TPSA) is 84.2 Å². The Morgan fingerprint density at radius 3 is 2.63 bits per heavy atom. The summed E-state index contributed by atoms with van der Waals surface area (Å²) < 4.78 is 31.2. The van der Waals surface area contributed by atoms with Gasteiger partial charge in [0.15, 0.2) is 0 Å². The summed E-state index contributed by atoms with van der Waals surface area (Å²) in [6, 6.07) is 12.2. The zero-order valence-electron chi connectivity index (χ0n) is 19.9. The van der Waals surface area contributed by atoms with Crippen molar-refractivity contribution in [1.82, 2.24) is 10.2 Å². The molecule has 1 atom stereocenters. The van der Waals surface area contributed by atoms with Gasteiger partial charge >= 0.3 is 6.09 Å². The van der Waals surface area contributed by atoms with Gasteiger partial charge in [-0.05, 0) is 42.9 Å². The molecule has 0 radical (unpaired) electrons. The van der Waals surface area contributed by atoms with Crippen molar-refractivity contribution in [2.75, 3.05) is 32.1 Å². The lowest BCUT2D eigenvalue weighted by Crippen LogP contribution is -2.33. The van der Waals surface area contributed by atoms with E-state index in [1.54, 1.807) is 31.8 Å². The van der Waals surface area contributed by atoms with Crippen molar-refractivity contribution < 1.29 is 27.9 Å². The summed E-state index contributed by atoms with van der Waals surface area (Å²) >= 11 is 0. The third-order valence-corrected chi connectivity index (χ3v) is 5.76. The lowest BCUT2D eigenvalue weighted by atomic mass is 10.0. The number of nitrogens with zero attached hydrogens (tertiary/aromatic N) is 2. The highest BCUT2D eigenvalue weighted by molar-refractivity contribution is 5.90. The Morgan fingerprint density at radius 1 is 1.17 bits per heavy atom. The number of carbonyl (C=O) groups is 2. The molecule has 1 aliphatic heterocycles. The van der Waals surface area contributed by atoms with Gasteiger partial charge < -0.3 is 19.2 Å². The molecule has 4 rings (SSSR count). The predicted molar refractivity (Wildman–Crippen MR) is 129 cm³/mol. The number of hydrogen-bond donors (Lipinski definition) is 1. The molecule has 2 aromatic carbocycles. The number of benzene rings is 2. The molecule has 1 fully saturated rings. The van der Waals surface area contributed by atoms with E-state index in [0.717, 1.165) is 17.7 Å². The van der Waals surface area contributed by atoms with Crippen molar-refractivity contribution in [2.45, 2.75) is 26.1 Å². The van der Waals surface area contributed by atoms with E-state index in [1.807, 2.05) is 31.3 Å². The first-order valence-corrected chi connectivity index (χ1v) is 11.2. The average molecular weight is 482 g/mol. The van der Waals surface area contributed by atoms with Gasteiger partial charge in [0.1, 0.15) is 17.7 Å². The zero-order valence-corrected chi connectivity index (χ0v) is 19.9. The maximum absolute atomic E-state index is 15.2.